The standard InChI is InChI=1S/C16H27N3O2/c1-11(20)17-13-6-4-8-19(10-13)16(21)15-9-12-5-2-3-7-14(12)18-15/h12-15,18H,2-10H2,1H3,(H,17,20). The quantitative estimate of drug-likeness (QED) is 0.799. The molecule has 0 aromatic heterocycles. The average molecular weight is 293 g/mol. The van der Waals surface area contributed by atoms with Crippen LogP contribution in [0, 0.1) is 5.92 Å². The van der Waals surface area contributed by atoms with Gasteiger partial charge in [-0.15, -0.1) is 0 Å². The van der Waals surface area contributed by atoms with E-state index in [-0.39, 0.29) is 23.9 Å². The van der Waals surface area contributed by atoms with E-state index >= 15 is 0 Å². The van der Waals surface area contributed by atoms with Crippen LogP contribution in [0.5, 0.6) is 0 Å². The molecule has 2 saturated heterocycles. The molecule has 5 nitrogen and oxygen atoms in total. The predicted molar refractivity (Wildman–Crippen MR) is 80.7 cm³/mol. The Labute approximate surface area is 126 Å². The highest BCUT2D eigenvalue weighted by atomic mass is 16.2. The van der Waals surface area contributed by atoms with Crippen LogP contribution in [0.2, 0.25) is 0 Å². The molecule has 1 aliphatic carbocycles. The molecule has 3 fully saturated rings. The first-order valence-electron chi connectivity index (χ1n) is 8.45. The van der Waals surface area contributed by atoms with Gasteiger partial charge in [0.2, 0.25) is 11.8 Å². The number of nitrogens with one attached hydrogen (secondary N) is 2. The van der Waals surface area contributed by atoms with Gasteiger partial charge in [-0.2, -0.15) is 0 Å². The molecule has 2 N–H and O–H groups in total. The van der Waals surface area contributed by atoms with Crippen LogP contribution in [0.15, 0.2) is 0 Å². The zero-order valence-electron chi connectivity index (χ0n) is 12.9. The number of carbonyl (C=O) groups excluding carboxylic acids is 2. The summed E-state index contributed by atoms with van der Waals surface area (Å²) in [5, 5.41) is 6.52. The Balaban J connectivity index is 1.56. The second kappa shape index (κ2) is 6.34. The van der Waals surface area contributed by atoms with Crippen molar-refractivity contribution < 1.29 is 9.59 Å². The maximum absolute atomic E-state index is 12.7. The van der Waals surface area contributed by atoms with E-state index in [4.69, 9.17) is 0 Å². The van der Waals surface area contributed by atoms with E-state index in [1.807, 2.05) is 4.90 Å². The molecule has 4 atom stereocenters. The minimum atomic E-state index is -0.000639. The van der Waals surface area contributed by atoms with Gasteiger partial charge in [-0.1, -0.05) is 12.8 Å². The molecular weight excluding hydrogens is 266 g/mol. The van der Waals surface area contributed by atoms with Gasteiger partial charge in [0.1, 0.15) is 0 Å². The van der Waals surface area contributed by atoms with Gasteiger partial charge in [-0.25, -0.2) is 0 Å². The number of piperidine rings is 1. The highest BCUT2D eigenvalue weighted by Gasteiger charge is 2.40. The van der Waals surface area contributed by atoms with E-state index in [1.165, 1.54) is 25.7 Å². The number of likely N-dealkylation sites (tertiary alicyclic amines) is 1. The fraction of sp³-hybridized carbons (Fsp3) is 0.875. The molecule has 0 radical (unpaired) electrons. The minimum Gasteiger partial charge on any atom is -0.352 e. The van der Waals surface area contributed by atoms with Crippen LogP contribution in [0.25, 0.3) is 0 Å². The molecule has 4 unspecified atom stereocenters. The van der Waals surface area contributed by atoms with Crippen molar-refractivity contribution in [3.63, 3.8) is 0 Å². The second-order valence-corrected chi connectivity index (χ2v) is 6.93. The zero-order chi connectivity index (χ0) is 14.8. The number of rotatable bonds is 2. The molecule has 21 heavy (non-hydrogen) atoms. The van der Waals surface area contributed by atoms with Crippen LogP contribution in [0.3, 0.4) is 0 Å². The van der Waals surface area contributed by atoms with Crippen molar-refractivity contribution in [3.8, 4) is 0 Å². The normalized spacial score (nSPS) is 36.1. The van der Waals surface area contributed by atoms with E-state index in [2.05, 4.69) is 10.6 Å². The van der Waals surface area contributed by atoms with Gasteiger partial charge in [-0.05, 0) is 38.0 Å². The predicted octanol–water partition coefficient (Wildman–Crippen LogP) is 1.03. The number of hydrogen-bond donors (Lipinski definition) is 2. The summed E-state index contributed by atoms with van der Waals surface area (Å²) in [7, 11) is 0. The van der Waals surface area contributed by atoms with Crippen LogP contribution < -0.4 is 10.6 Å². The molecule has 2 heterocycles. The van der Waals surface area contributed by atoms with Crippen molar-refractivity contribution in [1.82, 2.24) is 15.5 Å². The summed E-state index contributed by atoms with van der Waals surface area (Å²) in [4.78, 5) is 25.9. The minimum absolute atomic E-state index is 0.000639. The summed E-state index contributed by atoms with van der Waals surface area (Å²) in [5.74, 6) is 0.947. The lowest BCUT2D eigenvalue weighted by Gasteiger charge is -2.34. The molecule has 2 amide bonds. The number of amides is 2. The van der Waals surface area contributed by atoms with Crippen molar-refractivity contribution in [2.45, 2.75) is 70.0 Å². The summed E-state index contributed by atoms with van der Waals surface area (Å²) >= 11 is 0. The van der Waals surface area contributed by atoms with Crippen molar-refractivity contribution in [2.75, 3.05) is 13.1 Å². The summed E-state index contributed by atoms with van der Waals surface area (Å²) in [6, 6.07) is 0.696. The highest BCUT2D eigenvalue weighted by molar-refractivity contribution is 5.82. The fourth-order valence-electron chi connectivity index (χ4n) is 4.31. The van der Waals surface area contributed by atoms with Crippen molar-refractivity contribution in [3.05, 3.63) is 0 Å². The first-order chi connectivity index (χ1) is 10.1. The number of fused-ring (bicyclic) bond motifs is 1. The molecule has 0 bridgehead atoms. The Bertz CT molecular complexity index is 398. The Morgan fingerprint density at radius 3 is 2.71 bits per heavy atom. The van der Waals surface area contributed by atoms with Crippen LogP contribution in [-0.4, -0.2) is 47.9 Å². The maximum atomic E-state index is 12.7. The van der Waals surface area contributed by atoms with Gasteiger partial charge in [-0.3, -0.25) is 9.59 Å². The van der Waals surface area contributed by atoms with E-state index in [1.54, 1.807) is 6.92 Å². The van der Waals surface area contributed by atoms with Gasteiger partial charge in [0.25, 0.3) is 0 Å². The Hall–Kier alpha value is -1.10. The van der Waals surface area contributed by atoms with Crippen LogP contribution in [0.4, 0.5) is 0 Å². The summed E-state index contributed by atoms with van der Waals surface area (Å²) in [6.07, 6.45) is 8.08. The number of nitrogens with zero attached hydrogens (tertiary/aromatic N) is 1. The van der Waals surface area contributed by atoms with E-state index < -0.39 is 0 Å². The number of carbonyl (C=O) groups is 2. The molecule has 3 rings (SSSR count). The average Bonchev–Trinajstić information content (AvgIpc) is 2.90. The first-order valence-corrected chi connectivity index (χ1v) is 8.45. The Morgan fingerprint density at radius 1 is 1.14 bits per heavy atom. The third-order valence-corrected chi connectivity index (χ3v) is 5.30. The Morgan fingerprint density at radius 2 is 1.95 bits per heavy atom. The van der Waals surface area contributed by atoms with Gasteiger partial charge < -0.3 is 15.5 Å². The molecule has 0 aromatic carbocycles. The molecule has 0 spiro atoms. The SMILES string of the molecule is CC(=O)NC1CCCN(C(=O)C2CC3CCCCC3N2)C1. The van der Waals surface area contributed by atoms with Gasteiger partial charge in [0.15, 0.2) is 0 Å². The topological polar surface area (TPSA) is 61.4 Å². The Kier molecular flexibility index (Phi) is 4.48. The molecule has 2 aliphatic heterocycles. The lowest BCUT2D eigenvalue weighted by Crippen LogP contribution is -2.53. The molecule has 5 heteroatoms. The lowest BCUT2D eigenvalue weighted by atomic mass is 9.85. The third kappa shape index (κ3) is 3.39. The van der Waals surface area contributed by atoms with Crippen molar-refractivity contribution in [1.29, 1.82) is 0 Å². The van der Waals surface area contributed by atoms with E-state index in [0.717, 1.165) is 25.8 Å². The maximum Gasteiger partial charge on any atom is 0.239 e. The van der Waals surface area contributed by atoms with Gasteiger partial charge in [0, 0.05) is 32.1 Å². The van der Waals surface area contributed by atoms with Gasteiger partial charge in [0.05, 0.1) is 6.04 Å². The molecular formula is C16H27N3O2. The first kappa shape index (κ1) is 14.8. The zero-order valence-corrected chi connectivity index (χ0v) is 12.9. The number of hydrogen-bond acceptors (Lipinski definition) is 3. The fourth-order valence-corrected chi connectivity index (χ4v) is 4.31. The summed E-state index contributed by atoms with van der Waals surface area (Å²) < 4.78 is 0. The van der Waals surface area contributed by atoms with Crippen LogP contribution in [-0.2, 0) is 9.59 Å². The van der Waals surface area contributed by atoms with Gasteiger partial charge >= 0.3 is 0 Å². The van der Waals surface area contributed by atoms with E-state index in [0.29, 0.717) is 18.5 Å². The summed E-state index contributed by atoms with van der Waals surface area (Å²) in [6.45, 7) is 3.05. The largest absolute Gasteiger partial charge is 0.352 e. The second-order valence-electron chi connectivity index (χ2n) is 6.93. The summed E-state index contributed by atoms with van der Waals surface area (Å²) in [5.41, 5.74) is 0. The van der Waals surface area contributed by atoms with E-state index in [9.17, 15) is 9.59 Å². The monoisotopic (exact) mass is 293 g/mol. The van der Waals surface area contributed by atoms with Crippen molar-refractivity contribution >= 4 is 11.8 Å². The van der Waals surface area contributed by atoms with Crippen LogP contribution in [0.1, 0.15) is 51.9 Å². The molecule has 1 saturated carbocycles. The molecule has 118 valence electrons. The highest BCUT2D eigenvalue weighted by Crippen LogP contribution is 2.33. The smallest absolute Gasteiger partial charge is 0.239 e. The van der Waals surface area contributed by atoms with Crippen LogP contribution >= 0.6 is 0 Å². The third-order valence-electron chi connectivity index (χ3n) is 5.30. The van der Waals surface area contributed by atoms with Crippen molar-refractivity contribution in [2.24, 2.45) is 5.92 Å². The molecule has 3 aliphatic rings. The molecule has 0 aromatic rings. The lowest BCUT2D eigenvalue weighted by molar-refractivity contribution is -0.135.